The van der Waals surface area contributed by atoms with E-state index in [1.54, 1.807) is 12.1 Å². The van der Waals surface area contributed by atoms with Crippen LogP contribution in [0.25, 0.3) is 0 Å². The summed E-state index contributed by atoms with van der Waals surface area (Å²) in [7, 11) is -1.83. The summed E-state index contributed by atoms with van der Waals surface area (Å²) in [5, 5.41) is 7.81. The fourth-order valence-electron chi connectivity index (χ4n) is 3.07. The Kier molecular flexibility index (Phi) is 6.15. The summed E-state index contributed by atoms with van der Waals surface area (Å²) in [6.45, 7) is 1.21. The van der Waals surface area contributed by atoms with Gasteiger partial charge < -0.3 is 5.32 Å². The molecule has 1 fully saturated rings. The van der Waals surface area contributed by atoms with E-state index in [0.29, 0.717) is 11.6 Å². The van der Waals surface area contributed by atoms with Gasteiger partial charge in [0, 0.05) is 12.2 Å². The third-order valence-corrected chi connectivity index (χ3v) is 5.07. The largest absolute Gasteiger partial charge is 0.325 e. The van der Waals surface area contributed by atoms with E-state index in [0.717, 1.165) is 6.54 Å². The van der Waals surface area contributed by atoms with Crippen molar-refractivity contribution < 1.29 is 13.2 Å². The Morgan fingerprint density at radius 1 is 1.30 bits per heavy atom. The summed E-state index contributed by atoms with van der Waals surface area (Å²) in [5.74, 6) is 0.516. The first-order chi connectivity index (χ1) is 10.8. The second kappa shape index (κ2) is 7.90. The quantitative estimate of drug-likeness (QED) is 0.826. The van der Waals surface area contributed by atoms with Gasteiger partial charge in [0.2, 0.25) is 15.9 Å². The maximum Gasteiger partial charge on any atom is 0.238 e. The first kappa shape index (κ1) is 17.9. The van der Waals surface area contributed by atoms with Crippen LogP contribution in [0.1, 0.15) is 32.1 Å². The molecule has 128 valence electrons. The minimum Gasteiger partial charge on any atom is -0.325 e. The van der Waals surface area contributed by atoms with Gasteiger partial charge in [-0.15, -0.1) is 0 Å². The van der Waals surface area contributed by atoms with Gasteiger partial charge in [0.15, 0.2) is 0 Å². The molecule has 6 nitrogen and oxygen atoms in total. The number of nitrogens with one attached hydrogen (secondary N) is 1. The Morgan fingerprint density at radius 3 is 2.65 bits per heavy atom. The zero-order valence-corrected chi connectivity index (χ0v) is 14.3. The first-order valence-electron chi connectivity index (χ1n) is 7.96. The standard InChI is InChI=1S/C16H25N3O3S/c1-19(11-13-6-3-2-4-7-13)12-16(20)18-14-8-5-9-15(10-14)23(17,21)22/h5,8-10,13H,2-4,6-7,11-12H2,1H3,(H,18,20)(H2,17,21,22). The molecule has 1 aromatic rings. The third-order valence-electron chi connectivity index (χ3n) is 4.15. The fraction of sp³-hybridized carbons (Fsp3) is 0.562. The molecule has 0 atom stereocenters. The number of carbonyl (C=O) groups is 1. The van der Waals surface area contributed by atoms with Crippen molar-refractivity contribution >= 4 is 21.6 Å². The molecule has 23 heavy (non-hydrogen) atoms. The molecule has 1 amide bonds. The molecule has 0 bridgehead atoms. The first-order valence-corrected chi connectivity index (χ1v) is 9.50. The van der Waals surface area contributed by atoms with Gasteiger partial charge in [-0.2, -0.15) is 0 Å². The molecule has 7 heteroatoms. The number of likely N-dealkylation sites (N-methyl/N-ethyl adjacent to an activating group) is 1. The van der Waals surface area contributed by atoms with E-state index in [2.05, 4.69) is 5.32 Å². The second-order valence-electron chi connectivity index (χ2n) is 6.32. The van der Waals surface area contributed by atoms with Gasteiger partial charge in [0.1, 0.15) is 0 Å². The van der Waals surface area contributed by atoms with Crippen molar-refractivity contribution in [2.24, 2.45) is 11.1 Å². The van der Waals surface area contributed by atoms with E-state index in [9.17, 15) is 13.2 Å². The number of carbonyl (C=O) groups excluding carboxylic acids is 1. The third kappa shape index (κ3) is 5.93. The lowest BCUT2D eigenvalue weighted by Gasteiger charge is -2.26. The SMILES string of the molecule is CN(CC(=O)Nc1cccc(S(N)(=O)=O)c1)CC1CCCCC1. The number of nitrogens with zero attached hydrogens (tertiary/aromatic N) is 1. The molecule has 1 aliphatic carbocycles. The van der Waals surface area contributed by atoms with Crippen molar-refractivity contribution in [3.63, 3.8) is 0 Å². The lowest BCUT2D eigenvalue weighted by Crippen LogP contribution is -2.34. The minimum atomic E-state index is -3.77. The highest BCUT2D eigenvalue weighted by Crippen LogP contribution is 2.24. The topological polar surface area (TPSA) is 92.5 Å². The maximum absolute atomic E-state index is 12.1. The Hall–Kier alpha value is -1.44. The highest BCUT2D eigenvalue weighted by Gasteiger charge is 2.17. The highest BCUT2D eigenvalue weighted by atomic mass is 32.2. The molecule has 1 aliphatic rings. The summed E-state index contributed by atoms with van der Waals surface area (Å²) in [6.07, 6.45) is 6.36. The number of sulfonamides is 1. The molecule has 0 unspecified atom stereocenters. The van der Waals surface area contributed by atoms with Gasteiger partial charge in [-0.05, 0) is 44.0 Å². The van der Waals surface area contributed by atoms with E-state index in [-0.39, 0.29) is 17.3 Å². The van der Waals surface area contributed by atoms with Crippen molar-refractivity contribution in [2.75, 3.05) is 25.5 Å². The van der Waals surface area contributed by atoms with E-state index >= 15 is 0 Å². The summed E-state index contributed by atoms with van der Waals surface area (Å²) >= 11 is 0. The molecule has 0 heterocycles. The Balaban J connectivity index is 1.86. The molecule has 0 aliphatic heterocycles. The van der Waals surface area contributed by atoms with Gasteiger partial charge in [-0.25, -0.2) is 13.6 Å². The van der Waals surface area contributed by atoms with E-state index < -0.39 is 10.0 Å². The monoisotopic (exact) mass is 339 g/mol. The van der Waals surface area contributed by atoms with Crippen LogP contribution in [0, 0.1) is 5.92 Å². The summed E-state index contributed by atoms with van der Waals surface area (Å²) in [5.41, 5.74) is 0.438. The van der Waals surface area contributed by atoms with Crippen LogP contribution < -0.4 is 10.5 Å². The molecule has 0 saturated heterocycles. The van der Waals surface area contributed by atoms with Crippen molar-refractivity contribution in [3.05, 3.63) is 24.3 Å². The van der Waals surface area contributed by atoms with Crippen LogP contribution >= 0.6 is 0 Å². The fourth-order valence-corrected chi connectivity index (χ4v) is 3.63. The van der Waals surface area contributed by atoms with Gasteiger partial charge in [0.25, 0.3) is 0 Å². The molecular formula is C16H25N3O3S. The normalized spacial score (nSPS) is 16.5. The Bertz CT molecular complexity index is 640. The number of rotatable bonds is 6. The maximum atomic E-state index is 12.1. The van der Waals surface area contributed by atoms with Gasteiger partial charge in [-0.1, -0.05) is 25.3 Å². The zero-order valence-electron chi connectivity index (χ0n) is 13.5. The number of primary sulfonamides is 1. The van der Waals surface area contributed by atoms with Gasteiger partial charge in [-0.3, -0.25) is 9.69 Å². The number of benzene rings is 1. The van der Waals surface area contributed by atoms with Crippen LogP contribution in [0.3, 0.4) is 0 Å². The lowest BCUT2D eigenvalue weighted by molar-refractivity contribution is -0.117. The summed E-state index contributed by atoms with van der Waals surface area (Å²) in [6, 6.07) is 5.98. The van der Waals surface area contributed by atoms with E-state index in [1.807, 2.05) is 11.9 Å². The highest BCUT2D eigenvalue weighted by molar-refractivity contribution is 7.89. The smallest absolute Gasteiger partial charge is 0.238 e. The number of anilines is 1. The number of nitrogens with two attached hydrogens (primary N) is 1. The molecule has 0 radical (unpaired) electrons. The summed E-state index contributed by atoms with van der Waals surface area (Å²) < 4.78 is 22.7. The average Bonchev–Trinajstić information content (AvgIpc) is 2.47. The van der Waals surface area contributed by atoms with Gasteiger partial charge in [0.05, 0.1) is 11.4 Å². The van der Waals surface area contributed by atoms with Crippen LogP contribution in [-0.4, -0.2) is 39.4 Å². The van der Waals surface area contributed by atoms with E-state index in [1.165, 1.54) is 44.2 Å². The minimum absolute atomic E-state index is 0.00846. The predicted molar refractivity (Wildman–Crippen MR) is 90.5 cm³/mol. The van der Waals surface area contributed by atoms with Crippen molar-refractivity contribution in [2.45, 2.75) is 37.0 Å². The molecule has 3 N–H and O–H groups in total. The molecule has 1 saturated carbocycles. The molecule has 1 aromatic carbocycles. The Labute approximate surface area is 138 Å². The molecule has 0 spiro atoms. The van der Waals surface area contributed by atoms with Crippen LogP contribution in [0.2, 0.25) is 0 Å². The summed E-state index contributed by atoms with van der Waals surface area (Å²) in [4.78, 5) is 14.1. The average molecular weight is 339 g/mol. The van der Waals surface area contributed by atoms with Crippen molar-refractivity contribution in [3.8, 4) is 0 Å². The van der Waals surface area contributed by atoms with Crippen LogP contribution in [0.5, 0.6) is 0 Å². The predicted octanol–water partition coefficient (Wildman–Crippen LogP) is 1.78. The molecule has 0 aromatic heterocycles. The van der Waals surface area contributed by atoms with Crippen LogP contribution in [-0.2, 0) is 14.8 Å². The Morgan fingerprint density at radius 2 is 2.00 bits per heavy atom. The van der Waals surface area contributed by atoms with Crippen LogP contribution in [0.4, 0.5) is 5.69 Å². The zero-order chi connectivity index (χ0) is 16.9. The number of amides is 1. The second-order valence-corrected chi connectivity index (χ2v) is 7.88. The molecular weight excluding hydrogens is 314 g/mol. The number of hydrogen-bond donors (Lipinski definition) is 2. The van der Waals surface area contributed by atoms with Crippen LogP contribution in [0.15, 0.2) is 29.2 Å². The molecule has 2 rings (SSSR count). The van der Waals surface area contributed by atoms with Gasteiger partial charge >= 0.3 is 0 Å². The lowest BCUT2D eigenvalue weighted by atomic mass is 9.89. The van der Waals surface area contributed by atoms with Crippen molar-refractivity contribution in [1.29, 1.82) is 0 Å². The number of hydrogen-bond acceptors (Lipinski definition) is 4. The van der Waals surface area contributed by atoms with E-state index in [4.69, 9.17) is 5.14 Å². The van der Waals surface area contributed by atoms with Crippen molar-refractivity contribution in [1.82, 2.24) is 4.90 Å².